The average Bonchev–Trinajstić information content (AvgIpc) is 3.61. The number of benzene rings is 6. The Balaban J connectivity index is 1.34. The van der Waals surface area contributed by atoms with E-state index in [1.54, 1.807) is 0 Å². The summed E-state index contributed by atoms with van der Waals surface area (Å²) < 4.78 is 13.2. The van der Waals surface area contributed by atoms with Gasteiger partial charge in [0, 0.05) is 44.0 Å². The minimum Gasteiger partial charge on any atom is -0.454 e. The first-order chi connectivity index (χ1) is 21.1. The van der Waals surface area contributed by atoms with Crippen molar-refractivity contribution in [3.63, 3.8) is 0 Å². The summed E-state index contributed by atoms with van der Waals surface area (Å²) in [6.45, 7) is 4.61. The van der Waals surface area contributed by atoms with Crippen molar-refractivity contribution in [3.8, 4) is 0 Å². The average molecular weight is 557 g/mol. The van der Waals surface area contributed by atoms with Crippen LogP contribution in [-0.2, 0) is 5.41 Å². The van der Waals surface area contributed by atoms with E-state index in [-0.39, 0.29) is 5.41 Å². The minimum atomic E-state index is -0.199. The number of nitrogens with one attached hydrogen (secondary N) is 1. The molecule has 2 aromatic heterocycles. The monoisotopic (exact) mass is 556 g/mol. The fourth-order valence-electron chi connectivity index (χ4n) is 6.95. The lowest BCUT2D eigenvalue weighted by Crippen LogP contribution is -2.26. The lowest BCUT2D eigenvalue weighted by atomic mass is 9.74. The molecule has 1 aliphatic rings. The van der Waals surface area contributed by atoms with Crippen molar-refractivity contribution in [2.45, 2.75) is 19.3 Å². The van der Waals surface area contributed by atoms with Crippen LogP contribution in [0.5, 0.6) is 0 Å². The van der Waals surface area contributed by atoms with Gasteiger partial charge >= 0.3 is 0 Å². The highest BCUT2D eigenvalue weighted by atomic mass is 16.3. The summed E-state index contributed by atoms with van der Waals surface area (Å²) in [6, 6.07) is 44.6. The van der Waals surface area contributed by atoms with Crippen LogP contribution in [0.3, 0.4) is 0 Å². The SMILES string of the molecule is CC1(C)c2ccccc2Nc2ccc(N(c3cccc4c3oc3ccccc34)c3cccc4c3oc3ccccc34)cc21. The molecule has 43 heavy (non-hydrogen) atoms. The normalized spacial score (nSPS) is 13.7. The Hall–Kier alpha value is -5.48. The highest BCUT2D eigenvalue weighted by molar-refractivity contribution is 6.13. The maximum Gasteiger partial charge on any atom is 0.159 e. The minimum absolute atomic E-state index is 0.199. The van der Waals surface area contributed by atoms with Gasteiger partial charge in [-0.15, -0.1) is 0 Å². The summed E-state index contributed by atoms with van der Waals surface area (Å²) in [5, 5.41) is 8.07. The van der Waals surface area contributed by atoms with E-state index >= 15 is 0 Å². The number of fused-ring (bicyclic) bond motifs is 8. The van der Waals surface area contributed by atoms with E-state index in [1.165, 1.54) is 11.1 Å². The van der Waals surface area contributed by atoms with Crippen molar-refractivity contribution in [1.29, 1.82) is 0 Å². The molecule has 0 radical (unpaired) electrons. The molecule has 0 spiro atoms. The van der Waals surface area contributed by atoms with Crippen LogP contribution in [-0.4, -0.2) is 0 Å². The van der Waals surface area contributed by atoms with Crippen LogP contribution in [0.4, 0.5) is 28.4 Å². The van der Waals surface area contributed by atoms with Crippen LogP contribution < -0.4 is 10.2 Å². The maximum atomic E-state index is 6.59. The zero-order chi connectivity index (χ0) is 28.7. The predicted molar refractivity (Wildman–Crippen MR) is 178 cm³/mol. The van der Waals surface area contributed by atoms with Crippen LogP contribution in [0, 0.1) is 0 Å². The van der Waals surface area contributed by atoms with Crippen LogP contribution in [0.25, 0.3) is 43.9 Å². The maximum absolute atomic E-state index is 6.59. The molecule has 0 fully saturated rings. The van der Waals surface area contributed by atoms with Gasteiger partial charge in [0.05, 0.1) is 11.4 Å². The van der Waals surface area contributed by atoms with Crippen molar-refractivity contribution in [3.05, 3.63) is 139 Å². The molecule has 0 aliphatic carbocycles. The molecule has 1 aliphatic heterocycles. The second kappa shape index (κ2) is 8.76. The molecule has 0 unspecified atom stereocenters. The van der Waals surface area contributed by atoms with Crippen LogP contribution in [0.1, 0.15) is 25.0 Å². The van der Waals surface area contributed by atoms with Gasteiger partial charge < -0.3 is 19.1 Å². The van der Waals surface area contributed by atoms with Crippen molar-refractivity contribution >= 4 is 72.3 Å². The molecule has 6 aromatic carbocycles. The van der Waals surface area contributed by atoms with Crippen molar-refractivity contribution < 1.29 is 8.83 Å². The topological polar surface area (TPSA) is 41.5 Å². The fourth-order valence-corrected chi connectivity index (χ4v) is 6.95. The van der Waals surface area contributed by atoms with Gasteiger partial charge in [0.25, 0.3) is 0 Å². The number of furan rings is 2. The number of anilines is 5. The summed E-state index contributed by atoms with van der Waals surface area (Å²) in [5.74, 6) is 0. The Kier molecular flexibility index (Phi) is 4.92. The molecule has 0 atom stereocenters. The van der Waals surface area contributed by atoms with Gasteiger partial charge in [-0.25, -0.2) is 0 Å². The summed E-state index contributed by atoms with van der Waals surface area (Å²) in [4.78, 5) is 2.30. The number of para-hydroxylation sites is 5. The lowest BCUT2D eigenvalue weighted by molar-refractivity contribution is 0.638. The fraction of sp³-hybridized carbons (Fsp3) is 0.0769. The zero-order valence-electron chi connectivity index (χ0n) is 23.9. The molecule has 8 aromatic rings. The second-order valence-electron chi connectivity index (χ2n) is 11.9. The van der Waals surface area contributed by atoms with Crippen LogP contribution in [0.2, 0.25) is 0 Å². The highest BCUT2D eigenvalue weighted by Gasteiger charge is 2.33. The number of hydrogen-bond donors (Lipinski definition) is 1. The van der Waals surface area contributed by atoms with E-state index in [9.17, 15) is 0 Å². The third-order valence-corrected chi connectivity index (χ3v) is 9.05. The van der Waals surface area contributed by atoms with Crippen LogP contribution >= 0.6 is 0 Å². The molecule has 0 saturated heterocycles. The van der Waals surface area contributed by atoms with Crippen molar-refractivity contribution in [2.75, 3.05) is 10.2 Å². The molecule has 3 heterocycles. The first-order valence-corrected chi connectivity index (χ1v) is 14.7. The van der Waals surface area contributed by atoms with E-state index in [0.29, 0.717) is 0 Å². The summed E-state index contributed by atoms with van der Waals surface area (Å²) in [7, 11) is 0. The number of rotatable bonds is 3. The lowest BCUT2D eigenvalue weighted by Gasteiger charge is -2.37. The Morgan fingerprint density at radius 3 is 1.70 bits per heavy atom. The molecule has 0 bridgehead atoms. The molecular formula is C39H28N2O2. The van der Waals surface area contributed by atoms with Crippen molar-refractivity contribution in [1.82, 2.24) is 0 Å². The summed E-state index contributed by atoms with van der Waals surface area (Å²) in [6.07, 6.45) is 0. The second-order valence-corrected chi connectivity index (χ2v) is 11.9. The Morgan fingerprint density at radius 1 is 0.512 bits per heavy atom. The third-order valence-electron chi connectivity index (χ3n) is 9.05. The molecule has 4 nitrogen and oxygen atoms in total. The Morgan fingerprint density at radius 2 is 1.05 bits per heavy atom. The van der Waals surface area contributed by atoms with Gasteiger partial charge in [0.1, 0.15) is 11.2 Å². The first kappa shape index (κ1) is 24.2. The molecule has 1 N–H and O–H groups in total. The Labute approximate surface area is 248 Å². The van der Waals surface area contributed by atoms with Gasteiger partial charge in [-0.2, -0.15) is 0 Å². The van der Waals surface area contributed by atoms with Crippen LogP contribution in [0.15, 0.2) is 136 Å². The highest BCUT2D eigenvalue weighted by Crippen LogP contribution is 2.50. The molecule has 206 valence electrons. The van der Waals surface area contributed by atoms with Crippen molar-refractivity contribution in [2.24, 2.45) is 0 Å². The predicted octanol–water partition coefficient (Wildman–Crippen LogP) is 11.3. The summed E-state index contributed by atoms with van der Waals surface area (Å²) in [5.41, 5.74) is 11.0. The molecule has 0 saturated carbocycles. The number of hydrogen-bond acceptors (Lipinski definition) is 4. The molecule has 9 rings (SSSR count). The van der Waals surface area contributed by atoms with Gasteiger partial charge in [0.2, 0.25) is 0 Å². The van der Waals surface area contributed by atoms with Gasteiger partial charge in [-0.1, -0.05) is 92.7 Å². The largest absolute Gasteiger partial charge is 0.454 e. The Bertz CT molecular complexity index is 2260. The van der Waals surface area contributed by atoms with Gasteiger partial charge in [-0.05, 0) is 59.7 Å². The van der Waals surface area contributed by atoms with E-state index in [0.717, 1.165) is 72.3 Å². The molecule has 4 heteroatoms. The smallest absolute Gasteiger partial charge is 0.159 e. The van der Waals surface area contributed by atoms with E-state index in [4.69, 9.17) is 8.83 Å². The number of nitrogens with zero attached hydrogens (tertiary/aromatic N) is 1. The van der Waals surface area contributed by atoms with Gasteiger partial charge in [0.15, 0.2) is 11.2 Å². The van der Waals surface area contributed by atoms with Gasteiger partial charge in [-0.3, -0.25) is 0 Å². The summed E-state index contributed by atoms with van der Waals surface area (Å²) >= 11 is 0. The standard InChI is InChI=1S/C39H28N2O2/c1-39(2)29-15-5-6-16-31(29)40-32-22-21-24(23-30(32)39)41(33-17-9-13-27-25-11-3-7-19-35(25)42-37(27)33)34-18-10-14-28-26-12-4-8-20-36(26)43-38(28)34/h3-23,40H,1-2H3. The first-order valence-electron chi connectivity index (χ1n) is 14.7. The zero-order valence-corrected chi connectivity index (χ0v) is 23.9. The van der Waals surface area contributed by atoms with E-state index in [2.05, 4.69) is 127 Å². The third kappa shape index (κ3) is 3.44. The molecule has 0 amide bonds. The van der Waals surface area contributed by atoms with E-state index in [1.807, 2.05) is 24.3 Å². The molecular weight excluding hydrogens is 528 g/mol. The quantitative estimate of drug-likeness (QED) is 0.235. The van der Waals surface area contributed by atoms with E-state index < -0.39 is 0 Å².